The van der Waals surface area contributed by atoms with Crippen LogP contribution < -0.4 is 43.4 Å². The highest BCUT2D eigenvalue weighted by molar-refractivity contribution is 5.94. The smallest absolute Gasteiger partial charge is 0.407 e. The van der Waals surface area contributed by atoms with Gasteiger partial charge in [-0.15, -0.1) is 0 Å². The van der Waals surface area contributed by atoms with Crippen molar-refractivity contribution in [3.63, 3.8) is 0 Å². The van der Waals surface area contributed by atoms with Crippen LogP contribution in [-0.4, -0.2) is 140 Å². The Hall–Kier alpha value is -6.36. The van der Waals surface area contributed by atoms with Crippen molar-refractivity contribution >= 4 is 47.6 Å². The van der Waals surface area contributed by atoms with Gasteiger partial charge in [0.15, 0.2) is 0 Å². The van der Waals surface area contributed by atoms with Crippen LogP contribution in [0.4, 0.5) is 9.59 Å². The zero-order valence-electron chi connectivity index (χ0n) is 38.2. The second kappa shape index (κ2) is 22.2. The van der Waals surface area contributed by atoms with Crippen molar-refractivity contribution < 1.29 is 67.5 Å². The van der Waals surface area contributed by atoms with Crippen molar-refractivity contribution in [2.45, 2.75) is 119 Å². The number of benzene rings is 2. The second-order valence-corrected chi connectivity index (χ2v) is 18.3. The molecule has 1 aliphatic heterocycles. The molecule has 5 aliphatic rings. The molecular weight excluding hydrogens is 889 g/mol. The van der Waals surface area contributed by atoms with E-state index in [9.17, 15) is 48.6 Å². The number of primary amides is 2. The van der Waals surface area contributed by atoms with E-state index >= 15 is 0 Å². The lowest BCUT2D eigenvalue weighted by Crippen LogP contribution is -2.72. The van der Waals surface area contributed by atoms with Crippen LogP contribution in [0.2, 0.25) is 0 Å². The first-order valence-corrected chi connectivity index (χ1v) is 22.7. The average Bonchev–Trinajstić information content (AvgIpc) is 3.74. The van der Waals surface area contributed by atoms with E-state index in [-0.39, 0.29) is 70.4 Å². The fourth-order valence-corrected chi connectivity index (χ4v) is 9.49. The van der Waals surface area contributed by atoms with Gasteiger partial charge in [-0.3, -0.25) is 28.8 Å². The number of alkyl carbamates (subject to hydrolysis) is 1. The topological polar surface area (TPSA) is 338 Å². The number of carbonyl (C=O) groups is 8. The number of fused-ring (bicyclic) bond motifs is 3. The summed E-state index contributed by atoms with van der Waals surface area (Å²) in [5, 5.41) is 36.3. The number of aliphatic hydroxyl groups excluding tert-OH is 2. The lowest BCUT2D eigenvalue weighted by atomic mass is 9.41. The number of aliphatic hydroxyl groups is 2. The molecule has 2 bridgehead atoms. The molecule has 7 rings (SSSR count). The summed E-state index contributed by atoms with van der Waals surface area (Å²) in [5.41, 5.74) is 13.2. The van der Waals surface area contributed by atoms with E-state index in [2.05, 4.69) is 31.9 Å². The van der Waals surface area contributed by atoms with E-state index in [0.29, 0.717) is 19.3 Å². The Morgan fingerprint density at radius 3 is 2.00 bits per heavy atom. The number of amides is 8. The molecule has 8 amide bonds. The first kappa shape index (κ1) is 51.0. The monoisotopic (exact) mass is 950 g/mol. The van der Waals surface area contributed by atoms with Gasteiger partial charge in [-0.1, -0.05) is 62.4 Å². The van der Waals surface area contributed by atoms with Gasteiger partial charge in [0.2, 0.25) is 29.5 Å². The maximum absolute atomic E-state index is 14.1. The minimum absolute atomic E-state index is 0.0436. The summed E-state index contributed by atoms with van der Waals surface area (Å²) in [6.07, 6.45) is -5.33. The van der Waals surface area contributed by atoms with E-state index in [4.69, 9.17) is 30.4 Å². The molecule has 2 aromatic rings. The Kier molecular flexibility index (Phi) is 16.6. The molecular formula is C46H62N8O14. The number of rotatable bonds is 24. The van der Waals surface area contributed by atoms with Crippen LogP contribution in [0.25, 0.3) is 11.1 Å². The minimum atomic E-state index is -1.44. The highest BCUT2D eigenvalue weighted by Crippen LogP contribution is 2.69. The molecule has 0 aromatic heterocycles. The SMILES string of the molecule is COC(=O)C12CC(OCNC(=O)[C@H](CCCNC(N)=O)NC(=O)[C@@H](NC(=O)[C@H](CCC(=O)NC[C@H]3O[C@@H](CC(N)=O)[C@H](O)[C@@H]3O)NC(=O)OCC3c4ccccc4-c4ccccc43)C(C)C)(C1)C2. The molecule has 22 heteroatoms. The summed E-state index contributed by atoms with van der Waals surface area (Å²) in [4.78, 5) is 103. The van der Waals surface area contributed by atoms with Gasteiger partial charge >= 0.3 is 18.1 Å². The summed E-state index contributed by atoms with van der Waals surface area (Å²) < 4.78 is 22.0. The van der Waals surface area contributed by atoms with Gasteiger partial charge < -0.3 is 72.5 Å². The molecule has 4 fully saturated rings. The predicted octanol–water partition coefficient (Wildman–Crippen LogP) is -0.585. The highest BCUT2D eigenvalue weighted by atomic mass is 16.6. The third-order valence-corrected chi connectivity index (χ3v) is 13.0. The van der Waals surface area contributed by atoms with Crippen molar-refractivity contribution in [2.75, 3.05) is 33.5 Å². The Bertz CT molecular complexity index is 2160. The van der Waals surface area contributed by atoms with Crippen LogP contribution in [0.1, 0.15) is 82.3 Å². The Morgan fingerprint density at radius 1 is 0.779 bits per heavy atom. The summed E-state index contributed by atoms with van der Waals surface area (Å²) in [6.45, 7) is 2.83. The lowest BCUT2D eigenvalue weighted by Gasteiger charge is -2.67. The molecule has 1 saturated heterocycles. The Morgan fingerprint density at radius 2 is 1.40 bits per heavy atom. The first-order chi connectivity index (χ1) is 32.4. The number of carbonyl (C=O) groups excluding carboxylic acids is 8. The fourth-order valence-electron chi connectivity index (χ4n) is 9.49. The normalized spacial score (nSPS) is 24.3. The van der Waals surface area contributed by atoms with Crippen molar-refractivity contribution in [1.82, 2.24) is 31.9 Å². The van der Waals surface area contributed by atoms with Gasteiger partial charge in [-0.05, 0) is 66.7 Å². The molecule has 68 heavy (non-hydrogen) atoms. The van der Waals surface area contributed by atoms with E-state index in [1.165, 1.54) is 7.11 Å². The van der Waals surface area contributed by atoms with Crippen LogP contribution in [0, 0.1) is 11.3 Å². The van der Waals surface area contributed by atoms with Gasteiger partial charge in [-0.2, -0.15) is 0 Å². The third kappa shape index (κ3) is 12.0. The van der Waals surface area contributed by atoms with Gasteiger partial charge in [-0.25, -0.2) is 9.59 Å². The molecule has 7 atom stereocenters. The van der Waals surface area contributed by atoms with Crippen LogP contribution in [0.15, 0.2) is 48.5 Å². The van der Waals surface area contributed by atoms with Gasteiger partial charge in [0.25, 0.3) is 0 Å². The lowest BCUT2D eigenvalue weighted by molar-refractivity contribution is -0.284. The summed E-state index contributed by atoms with van der Waals surface area (Å²) in [7, 11) is 1.33. The van der Waals surface area contributed by atoms with E-state index in [1.54, 1.807) is 13.8 Å². The third-order valence-electron chi connectivity index (χ3n) is 13.0. The van der Waals surface area contributed by atoms with Crippen molar-refractivity contribution in [1.29, 1.82) is 0 Å². The second-order valence-electron chi connectivity index (χ2n) is 18.3. The summed E-state index contributed by atoms with van der Waals surface area (Å²) in [6, 6.07) is 10.8. The molecule has 4 aliphatic carbocycles. The van der Waals surface area contributed by atoms with Gasteiger partial charge in [0.05, 0.1) is 30.7 Å². The number of urea groups is 1. The quantitative estimate of drug-likeness (QED) is 0.0358. The maximum Gasteiger partial charge on any atom is 0.407 e. The zero-order valence-corrected chi connectivity index (χ0v) is 38.2. The van der Waals surface area contributed by atoms with Crippen LogP contribution in [0.5, 0.6) is 0 Å². The number of hydrogen-bond acceptors (Lipinski definition) is 14. The fraction of sp³-hybridized carbons (Fsp3) is 0.565. The van der Waals surface area contributed by atoms with Crippen molar-refractivity contribution in [3.05, 3.63) is 59.7 Å². The number of methoxy groups -OCH3 is 1. The van der Waals surface area contributed by atoms with Gasteiger partial charge in [0, 0.05) is 25.4 Å². The largest absolute Gasteiger partial charge is 0.469 e. The van der Waals surface area contributed by atoms with E-state index < -0.39 is 101 Å². The number of esters is 1. The molecule has 0 spiro atoms. The standard InChI is InChI=1S/C46H62N8O14/c1-24(2)36(41(61)52-30(13-8-16-49-43(48)63)39(59)51-23-67-46-20-45(21-46,22-46)42(62)65-3)54-40(60)31(14-15-35(56)50-18-33-38(58)37(57)32(68-33)17-34(47)55)53-44(64)66-19-29-27-11-6-4-9-25(27)26-10-5-7-12-28(26)29/h4-7,9-12,24,29-33,36-38,57-58H,8,13-23H2,1-3H3,(H2,47,55)(H,50,56)(H,51,59)(H,52,61)(H,53,64)(H,54,60)(H3,48,49,63)/t30-,31-,32-,33+,36-,37-,38+,45?,46?/m0/s1. The van der Waals surface area contributed by atoms with Crippen molar-refractivity contribution in [3.8, 4) is 11.1 Å². The zero-order chi connectivity index (χ0) is 49.3. The van der Waals surface area contributed by atoms with Crippen molar-refractivity contribution in [2.24, 2.45) is 22.8 Å². The van der Waals surface area contributed by atoms with Crippen LogP contribution in [-0.2, 0) is 47.7 Å². The molecule has 1 heterocycles. The summed E-state index contributed by atoms with van der Waals surface area (Å²) in [5.74, 6) is -4.77. The number of nitrogens with one attached hydrogen (secondary N) is 6. The Balaban J connectivity index is 1.10. The molecule has 3 saturated carbocycles. The minimum Gasteiger partial charge on any atom is -0.469 e. The summed E-state index contributed by atoms with van der Waals surface area (Å²) >= 11 is 0. The van der Waals surface area contributed by atoms with Crippen LogP contribution >= 0.6 is 0 Å². The molecule has 0 radical (unpaired) electrons. The molecule has 12 N–H and O–H groups in total. The number of nitrogens with two attached hydrogens (primary N) is 2. The van der Waals surface area contributed by atoms with Crippen LogP contribution in [0.3, 0.4) is 0 Å². The number of hydrogen-bond donors (Lipinski definition) is 10. The molecule has 0 unspecified atom stereocenters. The van der Waals surface area contributed by atoms with Gasteiger partial charge in [0.1, 0.15) is 49.8 Å². The first-order valence-electron chi connectivity index (χ1n) is 22.7. The predicted molar refractivity (Wildman–Crippen MR) is 239 cm³/mol. The molecule has 370 valence electrons. The molecule has 22 nitrogen and oxygen atoms in total. The number of ether oxygens (including phenoxy) is 4. The van der Waals surface area contributed by atoms with E-state index in [1.807, 2.05) is 48.5 Å². The molecule has 2 aromatic carbocycles. The van der Waals surface area contributed by atoms with E-state index in [0.717, 1.165) is 22.3 Å². The average molecular weight is 951 g/mol. The highest BCUT2D eigenvalue weighted by Gasteiger charge is 2.73. The maximum atomic E-state index is 14.1. The Labute approximate surface area is 392 Å².